The number of anilines is 1. The summed E-state index contributed by atoms with van der Waals surface area (Å²) in [5.74, 6) is 1.04. The highest BCUT2D eigenvalue weighted by atomic mass is 32.2. The highest BCUT2D eigenvalue weighted by molar-refractivity contribution is 7.83. The van der Waals surface area contributed by atoms with Crippen LogP contribution in [0.3, 0.4) is 0 Å². The minimum absolute atomic E-state index is 0.165. The molecule has 1 unspecified atom stereocenters. The molecule has 0 saturated heterocycles. The fourth-order valence-corrected chi connectivity index (χ4v) is 3.28. The van der Waals surface area contributed by atoms with Gasteiger partial charge in [-0.05, 0) is 30.3 Å². The van der Waals surface area contributed by atoms with E-state index in [0.717, 1.165) is 0 Å². The Labute approximate surface area is 139 Å². The molecular weight excluding hydrogens is 332 g/mol. The fraction of sp³-hybridized carbons (Fsp3) is 0.0625. The number of hydrogen-bond acceptors (Lipinski definition) is 5. The number of rotatable bonds is 4. The van der Waals surface area contributed by atoms with E-state index >= 15 is 0 Å². The van der Waals surface area contributed by atoms with Crippen LogP contribution in [0.25, 0.3) is 0 Å². The Balaban J connectivity index is 1.52. The number of nitrogens with zero attached hydrogens (tertiary/aromatic N) is 1. The van der Waals surface area contributed by atoms with Gasteiger partial charge in [-0.2, -0.15) is 0 Å². The quantitative estimate of drug-likeness (QED) is 0.787. The molecule has 1 amide bonds. The van der Waals surface area contributed by atoms with Gasteiger partial charge in [0.1, 0.15) is 0 Å². The maximum atomic E-state index is 12.6. The molecule has 0 bridgehead atoms. The van der Waals surface area contributed by atoms with E-state index in [2.05, 4.69) is 5.32 Å². The van der Waals surface area contributed by atoms with Crippen molar-refractivity contribution in [2.24, 2.45) is 0 Å². The molecule has 1 N–H and O–H groups in total. The number of aromatic nitrogens is 1. The van der Waals surface area contributed by atoms with Gasteiger partial charge in [0.05, 0.1) is 16.8 Å². The average Bonchev–Trinajstić information content (AvgIpc) is 3.33. The molecular formula is C16H12N2O5S. The molecule has 0 aliphatic carbocycles. The van der Waals surface area contributed by atoms with E-state index in [4.69, 9.17) is 13.9 Å². The Kier molecular flexibility index (Phi) is 3.58. The number of benzene rings is 1. The number of carbonyl (C=O) groups excluding carboxylic acids is 1. The fourth-order valence-electron chi connectivity index (χ4n) is 2.26. The number of amides is 1. The van der Waals surface area contributed by atoms with Crippen LogP contribution in [0, 0.1) is 0 Å². The van der Waals surface area contributed by atoms with Crippen LogP contribution in [0.4, 0.5) is 5.69 Å². The molecule has 3 heterocycles. The third kappa shape index (κ3) is 2.67. The average molecular weight is 344 g/mol. The molecule has 0 spiro atoms. The molecule has 122 valence electrons. The summed E-state index contributed by atoms with van der Waals surface area (Å²) in [5, 5.41) is 2.68. The van der Waals surface area contributed by atoms with Crippen LogP contribution < -0.4 is 14.8 Å². The first kappa shape index (κ1) is 14.6. The van der Waals surface area contributed by atoms with Crippen LogP contribution >= 0.6 is 0 Å². The minimum Gasteiger partial charge on any atom is -0.459 e. The van der Waals surface area contributed by atoms with Gasteiger partial charge in [0, 0.05) is 18.5 Å². The second-order valence-electron chi connectivity index (χ2n) is 4.96. The summed E-state index contributed by atoms with van der Waals surface area (Å²) in [6.07, 6.45) is 4.63. The third-order valence-electron chi connectivity index (χ3n) is 3.41. The molecule has 0 fully saturated rings. The van der Waals surface area contributed by atoms with Crippen molar-refractivity contribution in [1.29, 1.82) is 0 Å². The molecule has 1 aromatic carbocycles. The van der Waals surface area contributed by atoms with Crippen LogP contribution in [0.15, 0.2) is 64.4 Å². The van der Waals surface area contributed by atoms with Crippen molar-refractivity contribution < 1.29 is 22.9 Å². The van der Waals surface area contributed by atoms with Gasteiger partial charge in [-0.1, -0.05) is 0 Å². The SMILES string of the molecule is O=C(Nc1ccn(S(=O)c2ccc3c(c2)OCO3)c1)c1ccco1. The van der Waals surface area contributed by atoms with Crippen LogP contribution in [-0.4, -0.2) is 20.9 Å². The lowest BCUT2D eigenvalue weighted by molar-refractivity contribution is 0.0996. The highest BCUT2D eigenvalue weighted by Gasteiger charge is 2.17. The van der Waals surface area contributed by atoms with Crippen LogP contribution in [0.2, 0.25) is 0 Å². The first-order valence-corrected chi connectivity index (χ1v) is 8.16. The Morgan fingerprint density at radius 3 is 2.88 bits per heavy atom. The largest absolute Gasteiger partial charge is 0.459 e. The zero-order valence-corrected chi connectivity index (χ0v) is 13.1. The summed E-state index contributed by atoms with van der Waals surface area (Å²) in [4.78, 5) is 12.5. The smallest absolute Gasteiger partial charge is 0.291 e. The number of furan rings is 1. The third-order valence-corrected chi connectivity index (χ3v) is 4.67. The molecule has 1 aliphatic heterocycles. The topological polar surface area (TPSA) is 82.7 Å². The zero-order valence-electron chi connectivity index (χ0n) is 12.3. The van der Waals surface area contributed by atoms with Gasteiger partial charge in [0.15, 0.2) is 28.2 Å². The van der Waals surface area contributed by atoms with E-state index < -0.39 is 11.0 Å². The number of nitrogens with one attached hydrogen (secondary N) is 1. The van der Waals surface area contributed by atoms with Gasteiger partial charge < -0.3 is 19.2 Å². The van der Waals surface area contributed by atoms with Gasteiger partial charge in [-0.3, -0.25) is 8.77 Å². The molecule has 4 rings (SSSR count). The Hall–Kier alpha value is -3.00. The number of fused-ring (bicyclic) bond motifs is 1. The van der Waals surface area contributed by atoms with Gasteiger partial charge in [-0.25, -0.2) is 4.21 Å². The van der Waals surface area contributed by atoms with Crippen molar-refractivity contribution in [2.75, 3.05) is 12.1 Å². The second kappa shape index (κ2) is 5.89. The maximum Gasteiger partial charge on any atom is 0.291 e. The maximum absolute atomic E-state index is 12.6. The van der Waals surface area contributed by atoms with E-state index in [-0.39, 0.29) is 18.5 Å². The molecule has 1 aliphatic rings. The van der Waals surface area contributed by atoms with Gasteiger partial charge >= 0.3 is 0 Å². The Bertz CT molecular complexity index is 916. The van der Waals surface area contributed by atoms with Gasteiger partial charge in [0.2, 0.25) is 6.79 Å². The predicted octanol–water partition coefficient (Wildman–Crippen LogP) is 2.63. The normalized spacial score (nSPS) is 13.7. The number of hydrogen-bond donors (Lipinski definition) is 1. The van der Waals surface area contributed by atoms with Crippen molar-refractivity contribution in [3.8, 4) is 11.5 Å². The standard InChI is InChI=1S/C16H12N2O5S/c19-16(14-2-1-7-21-14)17-11-5-6-18(9-11)24(20)12-3-4-13-15(8-12)23-10-22-13/h1-9H,10H2,(H,17,19). The Morgan fingerprint density at radius 2 is 2.04 bits per heavy atom. The lowest BCUT2D eigenvalue weighted by Gasteiger charge is -2.04. The molecule has 7 nitrogen and oxygen atoms in total. The van der Waals surface area contributed by atoms with Crippen LogP contribution in [0.5, 0.6) is 11.5 Å². The van der Waals surface area contributed by atoms with Crippen molar-refractivity contribution in [3.05, 3.63) is 60.8 Å². The van der Waals surface area contributed by atoms with E-state index in [0.29, 0.717) is 22.1 Å². The monoisotopic (exact) mass is 344 g/mol. The molecule has 0 radical (unpaired) electrons. The lowest BCUT2D eigenvalue weighted by atomic mass is 10.3. The first-order valence-electron chi connectivity index (χ1n) is 7.05. The lowest BCUT2D eigenvalue weighted by Crippen LogP contribution is -2.10. The summed E-state index contributed by atoms with van der Waals surface area (Å²) in [5.41, 5.74) is 0.519. The molecule has 2 aromatic heterocycles. The summed E-state index contributed by atoms with van der Waals surface area (Å²) in [6, 6.07) is 9.97. The van der Waals surface area contributed by atoms with Crippen LogP contribution in [0.1, 0.15) is 10.6 Å². The van der Waals surface area contributed by atoms with E-state index in [1.54, 1.807) is 48.8 Å². The molecule has 0 saturated carbocycles. The second-order valence-corrected chi connectivity index (χ2v) is 6.35. The summed E-state index contributed by atoms with van der Waals surface area (Å²) in [7, 11) is -1.46. The van der Waals surface area contributed by atoms with Crippen molar-refractivity contribution in [1.82, 2.24) is 3.97 Å². The van der Waals surface area contributed by atoms with Gasteiger partial charge in [-0.15, -0.1) is 0 Å². The van der Waals surface area contributed by atoms with E-state index in [1.807, 2.05) is 0 Å². The Morgan fingerprint density at radius 1 is 1.17 bits per heavy atom. The summed E-state index contributed by atoms with van der Waals surface area (Å²) >= 11 is 0. The molecule has 24 heavy (non-hydrogen) atoms. The van der Waals surface area contributed by atoms with Crippen molar-refractivity contribution in [3.63, 3.8) is 0 Å². The molecule has 8 heteroatoms. The van der Waals surface area contributed by atoms with Crippen molar-refractivity contribution in [2.45, 2.75) is 4.90 Å². The van der Waals surface area contributed by atoms with E-state index in [1.165, 1.54) is 10.2 Å². The summed E-state index contributed by atoms with van der Waals surface area (Å²) < 4.78 is 29.7. The van der Waals surface area contributed by atoms with Crippen LogP contribution in [-0.2, 0) is 11.0 Å². The highest BCUT2D eigenvalue weighted by Crippen LogP contribution is 2.33. The van der Waals surface area contributed by atoms with Crippen molar-refractivity contribution >= 4 is 22.6 Å². The predicted molar refractivity (Wildman–Crippen MR) is 85.5 cm³/mol. The molecule has 1 atom stereocenters. The number of carbonyl (C=O) groups is 1. The van der Waals surface area contributed by atoms with E-state index in [9.17, 15) is 9.00 Å². The van der Waals surface area contributed by atoms with Gasteiger partial charge in [0.25, 0.3) is 5.91 Å². The summed E-state index contributed by atoms with van der Waals surface area (Å²) in [6.45, 7) is 0.165. The first-order chi connectivity index (χ1) is 11.7. The molecule has 3 aromatic rings. The minimum atomic E-state index is -1.46. The number of ether oxygens (including phenoxy) is 2. The zero-order chi connectivity index (χ0) is 16.5.